The number of carbonyl (C=O) groups is 2. The summed E-state index contributed by atoms with van der Waals surface area (Å²) in [5.74, 6) is -0.509. The lowest BCUT2D eigenvalue weighted by atomic mass is 10.1. The number of nitrogens with two attached hydrogens (primary N) is 1. The maximum atomic E-state index is 11.9. The number of ether oxygens (including phenoxy) is 1. The maximum Gasteiger partial charge on any atom is 0.323 e. The van der Waals surface area contributed by atoms with Gasteiger partial charge in [0.25, 0.3) is 0 Å². The smallest absolute Gasteiger partial charge is 0.323 e. The van der Waals surface area contributed by atoms with Gasteiger partial charge in [0.15, 0.2) is 0 Å². The van der Waals surface area contributed by atoms with Gasteiger partial charge in [0, 0.05) is 6.42 Å². The fourth-order valence-corrected chi connectivity index (χ4v) is 2.12. The second-order valence-corrected chi connectivity index (χ2v) is 5.01. The second kappa shape index (κ2) is 7.59. The Bertz CT molecular complexity index is 514. The Labute approximate surface area is 124 Å². The first-order valence-corrected chi connectivity index (χ1v) is 7.08. The number of esters is 1. The third kappa shape index (κ3) is 4.72. The molecule has 1 aliphatic rings. The van der Waals surface area contributed by atoms with E-state index in [4.69, 9.17) is 10.5 Å². The Morgan fingerprint density at radius 2 is 1.90 bits per heavy atom. The van der Waals surface area contributed by atoms with Gasteiger partial charge < -0.3 is 15.8 Å². The average molecular weight is 288 g/mol. The van der Waals surface area contributed by atoms with Gasteiger partial charge in [0.05, 0.1) is 6.04 Å². The van der Waals surface area contributed by atoms with Crippen molar-refractivity contribution < 1.29 is 14.3 Å². The van der Waals surface area contributed by atoms with Crippen molar-refractivity contribution in [2.75, 3.05) is 6.61 Å². The Hall–Kier alpha value is -2.14. The van der Waals surface area contributed by atoms with Gasteiger partial charge in [-0.3, -0.25) is 9.59 Å². The van der Waals surface area contributed by atoms with Gasteiger partial charge in [-0.25, -0.2) is 0 Å². The molecular formula is C16H20N2O3. The zero-order valence-electron chi connectivity index (χ0n) is 11.8. The molecule has 112 valence electrons. The molecule has 2 rings (SSSR count). The third-order valence-corrected chi connectivity index (χ3v) is 3.33. The van der Waals surface area contributed by atoms with Crippen molar-refractivity contribution in [3.05, 3.63) is 48.0 Å². The molecular weight excluding hydrogens is 268 g/mol. The van der Waals surface area contributed by atoms with E-state index in [1.807, 2.05) is 42.5 Å². The van der Waals surface area contributed by atoms with E-state index in [0.29, 0.717) is 19.3 Å². The van der Waals surface area contributed by atoms with Crippen LogP contribution in [0.5, 0.6) is 0 Å². The summed E-state index contributed by atoms with van der Waals surface area (Å²) in [5, 5.41) is 2.90. The lowest BCUT2D eigenvalue weighted by Crippen LogP contribution is -2.36. The summed E-state index contributed by atoms with van der Waals surface area (Å²) in [5.41, 5.74) is 6.66. The highest BCUT2D eigenvalue weighted by Crippen LogP contribution is 2.14. The number of amides is 1. The second-order valence-electron chi connectivity index (χ2n) is 5.01. The van der Waals surface area contributed by atoms with Gasteiger partial charge >= 0.3 is 5.97 Å². The van der Waals surface area contributed by atoms with E-state index in [-0.39, 0.29) is 18.6 Å². The van der Waals surface area contributed by atoms with Gasteiger partial charge in [-0.1, -0.05) is 42.5 Å². The number of hydrogen-bond acceptors (Lipinski definition) is 4. The molecule has 3 N–H and O–H groups in total. The summed E-state index contributed by atoms with van der Waals surface area (Å²) >= 11 is 0. The van der Waals surface area contributed by atoms with Crippen molar-refractivity contribution in [2.24, 2.45) is 5.73 Å². The minimum atomic E-state index is -0.659. The minimum Gasteiger partial charge on any atom is -0.462 e. The molecule has 1 aromatic rings. The monoisotopic (exact) mass is 288 g/mol. The standard InChI is InChI=1S/C16H20N2O3/c17-13-9-5-2-6-10-15(19)18-14(11-21-16(13)20)12-7-3-1-4-8-12/h1-5,7-8,13-14H,6,9-11,17H2,(H,18,19)/b5-2-/t13-,14+/m1/s1. The zero-order chi connectivity index (χ0) is 15.1. The van der Waals surface area contributed by atoms with Crippen molar-refractivity contribution >= 4 is 11.9 Å². The molecule has 0 aliphatic carbocycles. The first-order chi connectivity index (χ1) is 10.2. The third-order valence-electron chi connectivity index (χ3n) is 3.33. The van der Waals surface area contributed by atoms with Crippen molar-refractivity contribution in [1.82, 2.24) is 5.32 Å². The molecule has 1 aliphatic heterocycles. The highest BCUT2D eigenvalue weighted by Gasteiger charge is 2.20. The Morgan fingerprint density at radius 1 is 1.14 bits per heavy atom. The highest BCUT2D eigenvalue weighted by atomic mass is 16.5. The van der Waals surface area contributed by atoms with Crippen LogP contribution >= 0.6 is 0 Å². The molecule has 0 saturated heterocycles. The largest absolute Gasteiger partial charge is 0.462 e. The van der Waals surface area contributed by atoms with Gasteiger partial charge in [0.1, 0.15) is 12.6 Å². The lowest BCUT2D eigenvalue weighted by Gasteiger charge is -2.20. The van der Waals surface area contributed by atoms with E-state index in [1.165, 1.54) is 0 Å². The summed E-state index contributed by atoms with van der Waals surface area (Å²) in [6, 6.07) is 8.44. The number of carbonyl (C=O) groups excluding carboxylic acids is 2. The molecule has 0 bridgehead atoms. The van der Waals surface area contributed by atoms with Crippen molar-refractivity contribution in [1.29, 1.82) is 0 Å². The summed E-state index contributed by atoms with van der Waals surface area (Å²) in [7, 11) is 0. The number of benzene rings is 1. The van der Waals surface area contributed by atoms with E-state index in [1.54, 1.807) is 0 Å². The number of cyclic esters (lactones) is 1. The van der Waals surface area contributed by atoms with Crippen LogP contribution in [0.25, 0.3) is 0 Å². The quantitative estimate of drug-likeness (QED) is 0.605. The first kappa shape index (κ1) is 15.3. The summed E-state index contributed by atoms with van der Waals surface area (Å²) in [6.07, 6.45) is 5.15. The number of rotatable bonds is 1. The highest BCUT2D eigenvalue weighted by molar-refractivity contribution is 5.77. The average Bonchev–Trinajstić information content (AvgIpc) is 2.50. The zero-order valence-corrected chi connectivity index (χ0v) is 11.8. The Kier molecular flexibility index (Phi) is 5.51. The predicted octanol–water partition coefficient (Wildman–Crippen LogP) is 1.45. The van der Waals surface area contributed by atoms with Gasteiger partial charge in [-0.05, 0) is 18.4 Å². The molecule has 0 spiro atoms. The number of hydrogen-bond donors (Lipinski definition) is 2. The summed E-state index contributed by atoms with van der Waals surface area (Å²) in [4.78, 5) is 23.7. The molecule has 0 fully saturated rings. The van der Waals surface area contributed by atoms with Crippen LogP contribution in [0.3, 0.4) is 0 Å². The van der Waals surface area contributed by atoms with Crippen LogP contribution < -0.4 is 11.1 Å². The van der Waals surface area contributed by atoms with Crippen LogP contribution in [0.15, 0.2) is 42.5 Å². The van der Waals surface area contributed by atoms with E-state index in [0.717, 1.165) is 5.56 Å². The number of allylic oxidation sites excluding steroid dienone is 1. The van der Waals surface area contributed by atoms with Crippen LogP contribution in [0.4, 0.5) is 0 Å². The molecule has 0 saturated carbocycles. The first-order valence-electron chi connectivity index (χ1n) is 7.08. The number of nitrogens with one attached hydrogen (secondary N) is 1. The summed E-state index contributed by atoms with van der Waals surface area (Å²) in [6.45, 7) is 0.0893. The Morgan fingerprint density at radius 3 is 2.67 bits per heavy atom. The molecule has 0 unspecified atom stereocenters. The molecule has 1 heterocycles. The molecule has 2 atom stereocenters. The lowest BCUT2D eigenvalue weighted by molar-refractivity contribution is -0.146. The van der Waals surface area contributed by atoms with Crippen LogP contribution in [0.1, 0.15) is 30.9 Å². The van der Waals surface area contributed by atoms with Crippen molar-refractivity contribution in [3.63, 3.8) is 0 Å². The van der Waals surface area contributed by atoms with Crippen molar-refractivity contribution in [3.8, 4) is 0 Å². The maximum absolute atomic E-state index is 11.9. The van der Waals surface area contributed by atoms with Crippen LogP contribution in [-0.2, 0) is 14.3 Å². The molecule has 1 aromatic carbocycles. The Balaban J connectivity index is 2.13. The van der Waals surface area contributed by atoms with Crippen LogP contribution in [0.2, 0.25) is 0 Å². The van der Waals surface area contributed by atoms with E-state index < -0.39 is 12.0 Å². The predicted molar refractivity (Wildman–Crippen MR) is 79.3 cm³/mol. The normalized spacial score (nSPS) is 26.0. The van der Waals surface area contributed by atoms with E-state index in [2.05, 4.69) is 5.32 Å². The fourth-order valence-electron chi connectivity index (χ4n) is 2.12. The molecule has 21 heavy (non-hydrogen) atoms. The SMILES string of the molecule is N[C@@H]1C/C=C\CCC(=O)N[C@H](c2ccccc2)COC1=O. The summed E-state index contributed by atoms with van der Waals surface area (Å²) < 4.78 is 5.23. The van der Waals surface area contributed by atoms with Crippen LogP contribution in [-0.4, -0.2) is 24.5 Å². The minimum absolute atomic E-state index is 0.0607. The van der Waals surface area contributed by atoms with Gasteiger partial charge in [-0.15, -0.1) is 0 Å². The molecule has 0 radical (unpaired) electrons. The van der Waals surface area contributed by atoms with Gasteiger partial charge in [0.2, 0.25) is 5.91 Å². The van der Waals surface area contributed by atoms with E-state index in [9.17, 15) is 9.59 Å². The van der Waals surface area contributed by atoms with Gasteiger partial charge in [-0.2, -0.15) is 0 Å². The van der Waals surface area contributed by atoms with Crippen LogP contribution in [0, 0.1) is 0 Å². The fraction of sp³-hybridized carbons (Fsp3) is 0.375. The molecule has 5 nitrogen and oxygen atoms in total. The molecule has 0 aromatic heterocycles. The molecule has 5 heteroatoms. The molecule has 1 amide bonds. The van der Waals surface area contributed by atoms with Crippen molar-refractivity contribution in [2.45, 2.75) is 31.3 Å². The topological polar surface area (TPSA) is 81.4 Å². The van der Waals surface area contributed by atoms with E-state index >= 15 is 0 Å².